The number of hydrogen-bond donors (Lipinski definition) is 1. The highest BCUT2D eigenvalue weighted by molar-refractivity contribution is 5.51. The van der Waals surface area contributed by atoms with Crippen LogP contribution in [0.25, 0.3) is 0 Å². The Morgan fingerprint density at radius 3 is 2.48 bits per heavy atom. The highest BCUT2D eigenvalue weighted by Crippen LogP contribution is 2.25. The van der Waals surface area contributed by atoms with Gasteiger partial charge in [0.1, 0.15) is 0 Å². The lowest BCUT2D eigenvalue weighted by Gasteiger charge is -2.35. The van der Waals surface area contributed by atoms with E-state index < -0.39 is 0 Å². The Hall–Kier alpha value is -1.06. The van der Waals surface area contributed by atoms with Crippen LogP contribution in [0.5, 0.6) is 0 Å². The Balaban J connectivity index is 1.96. The van der Waals surface area contributed by atoms with E-state index in [1.54, 1.807) is 0 Å². The first-order chi connectivity index (χ1) is 9.95. The molecule has 21 heavy (non-hydrogen) atoms. The number of aryl methyl sites for hydroxylation is 1. The molecule has 0 aromatic heterocycles. The third-order valence-electron chi connectivity index (χ3n) is 4.47. The van der Waals surface area contributed by atoms with E-state index in [0.717, 1.165) is 12.3 Å². The van der Waals surface area contributed by atoms with E-state index in [0.29, 0.717) is 0 Å². The fourth-order valence-electron chi connectivity index (χ4n) is 3.34. The van der Waals surface area contributed by atoms with Crippen molar-refractivity contribution in [2.24, 2.45) is 11.7 Å². The first kappa shape index (κ1) is 16.3. The predicted molar refractivity (Wildman–Crippen MR) is 92.0 cm³/mol. The fourth-order valence-corrected chi connectivity index (χ4v) is 3.34. The summed E-state index contributed by atoms with van der Waals surface area (Å²) >= 11 is 0. The molecule has 0 aliphatic carbocycles. The molecule has 0 spiro atoms. The summed E-state index contributed by atoms with van der Waals surface area (Å²) in [7, 11) is 4.35. The maximum atomic E-state index is 5.91. The van der Waals surface area contributed by atoms with Gasteiger partial charge in [-0.1, -0.05) is 6.07 Å². The molecule has 1 saturated heterocycles. The van der Waals surface area contributed by atoms with Gasteiger partial charge in [-0.2, -0.15) is 0 Å². The first-order valence-electron chi connectivity index (χ1n) is 8.20. The van der Waals surface area contributed by atoms with Gasteiger partial charge in [0.2, 0.25) is 0 Å². The molecule has 0 saturated carbocycles. The van der Waals surface area contributed by atoms with E-state index in [4.69, 9.17) is 5.73 Å². The second kappa shape index (κ2) is 7.28. The van der Waals surface area contributed by atoms with Gasteiger partial charge in [-0.3, -0.25) is 0 Å². The van der Waals surface area contributed by atoms with Gasteiger partial charge >= 0.3 is 0 Å². The monoisotopic (exact) mass is 289 g/mol. The van der Waals surface area contributed by atoms with E-state index >= 15 is 0 Å². The molecule has 1 aliphatic heterocycles. The molecule has 1 heterocycles. The molecule has 2 rings (SSSR count). The lowest BCUT2D eigenvalue weighted by Crippen LogP contribution is -2.37. The number of benzene rings is 1. The van der Waals surface area contributed by atoms with Gasteiger partial charge in [-0.25, -0.2) is 0 Å². The maximum absolute atomic E-state index is 5.91. The molecular formula is C18H31N3. The van der Waals surface area contributed by atoms with Crippen molar-refractivity contribution in [2.75, 3.05) is 38.6 Å². The van der Waals surface area contributed by atoms with Crippen LogP contribution in [0, 0.1) is 12.8 Å². The Morgan fingerprint density at radius 2 is 1.95 bits per heavy atom. The first-order valence-corrected chi connectivity index (χ1v) is 8.20. The average Bonchev–Trinajstić information content (AvgIpc) is 2.41. The standard InChI is InChI=1S/C18H31N3/c1-14-11-18(6-5-17(14)12-15(2)19)21-9-7-16(8-10-21)13-20(3)4/h5-6,11,15-16H,7-10,12-13,19H2,1-4H3. The predicted octanol–water partition coefficient (Wildman–Crippen LogP) is 2.66. The van der Waals surface area contributed by atoms with Crippen LogP contribution < -0.4 is 10.6 Å². The van der Waals surface area contributed by atoms with Crippen molar-refractivity contribution in [3.63, 3.8) is 0 Å². The van der Waals surface area contributed by atoms with E-state index in [9.17, 15) is 0 Å². The van der Waals surface area contributed by atoms with Gasteiger partial charge in [-0.15, -0.1) is 0 Å². The number of hydrogen-bond acceptors (Lipinski definition) is 3. The van der Waals surface area contributed by atoms with Gasteiger partial charge < -0.3 is 15.5 Å². The topological polar surface area (TPSA) is 32.5 Å². The van der Waals surface area contributed by atoms with Gasteiger partial charge in [0, 0.05) is 31.4 Å². The molecule has 1 aromatic rings. The Morgan fingerprint density at radius 1 is 1.29 bits per heavy atom. The Bertz CT molecular complexity index is 446. The third-order valence-corrected chi connectivity index (χ3v) is 4.47. The number of nitrogens with zero attached hydrogens (tertiary/aromatic N) is 2. The zero-order valence-electron chi connectivity index (χ0n) is 14.1. The number of anilines is 1. The van der Waals surface area contributed by atoms with Crippen molar-refractivity contribution in [3.05, 3.63) is 29.3 Å². The Kier molecular flexibility index (Phi) is 5.65. The fraction of sp³-hybridized carbons (Fsp3) is 0.667. The molecular weight excluding hydrogens is 258 g/mol. The summed E-state index contributed by atoms with van der Waals surface area (Å²) in [5.74, 6) is 0.856. The highest BCUT2D eigenvalue weighted by atomic mass is 15.1. The van der Waals surface area contributed by atoms with Crippen LogP contribution in [0.2, 0.25) is 0 Å². The van der Waals surface area contributed by atoms with E-state index in [-0.39, 0.29) is 6.04 Å². The molecule has 2 N–H and O–H groups in total. The van der Waals surface area contributed by atoms with Crippen LogP contribution in [-0.2, 0) is 6.42 Å². The van der Waals surface area contributed by atoms with Crippen molar-refractivity contribution >= 4 is 5.69 Å². The summed E-state index contributed by atoms with van der Waals surface area (Å²) in [6.45, 7) is 7.87. The Labute approximate surface area is 130 Å². The molecule has 1 aromatic carbocycles. The third kappa shape index (κ3) is 4.72. The van der Waals surface area contributed by atoms with Crippen LogP contribution in [0.3, 0.4) is 0 Å². The highest BCUT2D eigenvalue weighted by Gasteiger charge is 2.20. The van der Waals surface area contributed by atoms with Gasteiger partial charge in [0.05, 0.1) is 0 Å². The number of rotatable bonds is 5. The van der Waals surface area contributed by atoms with Crippen molar-refractivity contribution in [1.82, 2.24) is 4.90 Å². The lowest BCUT2D eigenvalue weighted by atomic mass is 9.95. The SMILES string of the molecule is Cc1cc(N2CCC(CN(C)C)CC2)ccc1CC(C)N. The second-order valence-electron chi connectivity index (χ2n) is 6.98. The molecule has 1 atom stereocenters. The van der Waals surface area contributed by atoms with Crippen LogP contribution >= 0.6 is 0 Å². The maximum Gasteiger partial charge on any atom is 0.0369 e. The molecule has 0 bridgehead atoms. The summed E-state index contributed by atoms with van der Waals surface area (Å²) in [6.07, 6.45) is 3.58. The van der Waals surface area contributed by atoms with Crippen molar-refractivity contribution < 1.29 is 0 Å². The van der Waals surface area contributed by atoms with E-state index in [2.05, 4.69) is 55.9 Å². The molecule has 0 radical (unpaired) electrons. The van der Waals surface area contributed by atoms with Crippen LogP contribution in [0.1, 0.15) is 30.9 Å². The van der Waals surface area contributed by atoms with Gasteiger partial charge in [-0.05, 0) is 76.4 Å². The minimum Gasteiger partial charge on any atom is -0.372 e. The molecule has 0 amide bonds. The normalized spacial score (nSPS) is 18.3. The molecule has 1 unspecified atom stereocenters. The zero-order valence-corrected chi connectivity index (χ0v) is 14.1. The van der Waals surface area contributed by atoms with Crippen LogP contribution in [0.15, 0.2) is 18.2 Å². The van der Waals surface area contributed by atoms with Crippen molar-refractivity contribution in [1.29, 1.82) is 0 Å². The van der Waals surface area contributed by atoms with E-state index in [1.807, 2.05) is 0 Å². The minimum absolute atomic E-state index is 0.233. The summed E-state index contributed by atoms with van der Waals surface area (Å²) in [6, 6.07) is 7.11. The quantitative estimate of drug-likeness (QED) is 0.904. The van der Waals surface area contributed by atoms with Crippen molar-refractivity contribution in [2.45, 2.75) is 39.2 Å². The number of piperidine rings is 1. The summed E-state index contributed by atoms with van der Waals surface area (Å²) in [5, 5.41) is 0. The molecule has 3 heteroatoms. The molecule has 118 valence electrons. The minimum atomic E-state index is 0.233. The summed E-state index contributed by atoms with van der Waals surface area (Å²) in [5.41, 5.74) is 10.1. The average molecular weight is 289 g/mol. The summed E-state index contributed by atoms with van der Waals surface area (Å²) < 4.78 is 0. The number of nitrogens with two attached hydrogens (primary N) is 1. The smallest absolute Gasteiger partial charge is 0.0369 e. The van der Waals surface area contributed by atoms with Gasteiger partial charge in [0.25, 0.3) is 0 Å². The van der Waals surface area contributed by atoms with Crippen LogP contribution in [0.4, 0.5) is 5.69 Å². The zero-order chi connectivity index (χ0) is 15.4. The molecule has 3 nitrogen and oxygen atoms in total. The second-order valence-corrected chi connectivity index (χ2v) is 6.98. The largest absolute Gasteiger partial charge is 0.372 e. The van der Waals surface area contributed by atoms with E-state index in [1.165, 1.54) is 49.3 Å². The lowest BCUT2D eigenvalue weighted by molar-refractivity contribution is 0.285. The summed E-state index contributed by atoms with van der Waals surface area (Å²) in [4.78, 5) is 4.85. The van der Waals surface area contributed by atoms with Gasteiger partial charge in [0.15, 0.2) is 0 Å². The van der Waals surface area contributed by atoms with Crippen LogP contribution in [-0.4, -0.2) is 44.7 Å². The molecule has 1 aliphatic rings. The van der Waals surface area contributed by atoms with Crippen molar-refractivity contribution in [3.8, 4) is 0 Å². The molecule has 1 fully saturated rings.